The van der Waals surface area contributed by atoms with Crippen LogP contribution in [0.5, 0.6) is 5.75 Å². The van der Waals surface area contributed by atoms with Crippen LogP contribution in [0.25, 0.3) is 0 Å². The van der Waals surface area contributed by atoms with E-state index in [1.165, 1.54) is 5.69 Å². The minimum atomic E-state index is -0.0217. The highest BCUT2D eigenvalue weighted by Gasteiger charge is 2.31. The van der Waals surface area contributed by atoms with Crippen molar-refractivity contribution in [2.75, 3.05) is 20.2 Å². The first-order chi connectivity index (χ1) is 13.8. The third-order valence-corrected chi connectivity index (χ3v) is 5.16. The number of nitrogens with one attached hydrogen (secondary N) is 1. The van der Waals surface area contributed by atoms with Crippen LogP contribution in [0.2, 0.25) is 0 Å². The lowest BCUT2D eigenvalue weighted by Crippen LogP contribution is -2.44. The Morgan fingerprint density at radius 1 is 1.14 bits per heavy atom. The summed E-state index contributed by atoms with van der Waals surface area (Å²) in [6.07, 6.45) is 5.56. The molecule has 6 heteroatoms. The van der Waals surface area contributed by atoms with Crippen molar-refractivity contribution in [1.29, 1.82) is 0 Å². The first-order valence-corrected chi connectivity index (χ1v) is 9.44. The predicted octanol–water partition coefficient (Wildman–Crippen LogP) is 2.61. The number of ether oxygens (including phenoxy) is 1. The average Bonchev–Trinajstić information content (AvgIpc) is 3.22. The molecule has 1 aromatic carbocycles. The van der Waals surface area contributed by atoms with Crippen molar-refractivity contribution in [1.82, 2.24) is 19.8 Å². The maximum Gasteiger partial charge on any atom is 0.234 e. The van der Waals surface area contributed by atoms with Crippen LogP contribution in [0.4, 0.5) is 0 Å². The van der Waals surface area contributed by atoms with Gasteiger partial charge >= 0.3 is 0 Å². The quantitative estimate of drug-likeness (QED) is 0.718. The van der Waals surface area contributed by atoms with Gasteiger partial charge in [0.25, 0.3) is 0 Å². The summed E-state index contributed by atoms with van der Waals surface area (Å²) >= 11 is 0. The molecule has 6 nitrogen and oxygen atoms in total. The number of benzene rings is 1. The van der Waals surface area contributed by atoms with Crippen LogP contribution in [0.15, 0.2) is 67.1 Å². The van der Waals surface area contributed by atoms with E-state index in [9.17, 15) is 4.79 Å². The van der Waals surface area contributed by atoms with Gasteiger partial charge in [0.2, 0.25) is 5.91 Å². The van der Waals surface area contributed by atoms with Crippen LogP contribution in [-0.4, -0.2) is 40.6 Å². The van der Waals surface area contributed by atoms with Gasteiger partial charge in [0.05, 0.1) is 19.7 Å². The molecule has 0 saturated heterocycles. The molecule has 28 heavy (non-hydrogen) atoms. The molecular weight excluding hydrogens is 352 g/mol. The Balaban J connectivity index is 1.54. The first-order valence-electron chi connectivity index (χ1n) is 9.44. The highest BCUT2D eigenvalue weighted by atomic mass is 16.5. The molecule has 1 aliphatic rings. The molecule has 3 heterocycles. The molecule has 3 aromatic rings. The van der Waals surface area contributed by atoms with Crippen molar-refractivity contribution in [3.05, 3.63) is 83.9 Å². The van der Waals surface area contributed by atoms with Gasteiger partial charge in [-0.05, 0) is 35.9 Å². The normalized spacial score (nSPS) is 16.4. The van der Waals surface area contributed by atoms with Crippen LogP contribution in [0.1, 0.15) is 22.9 Å². The fourth-order valence-electron chi connectivity index (χ4n) is 3.79. The Morgan fingerprint density at radius 2 is 1.96 bits per heavy atom. The SMILES string of the molecule is COc1ccccc1C1c2cccn2CCN1CC(=O)NCc1ccncc1. The van der Waals surface area contributed by atoms with E-state index < -0.39 is 0 Å². The van der Waals surface area contributed by atoms with E-state index in [0.717, 1.165) is 30.0 Å². The summed E-state index contributed by atoms with van der Waals surface area (Å²) < 4.78 is 7.86. The van der Waals surface area contributed by atoms with Gasteiger partial charge in [-0.15, -0.1) is 0 Å². The number of carbonyl (C=O) groups excluding carboxylic acids is 1. The summed E-state index contributed by atoms with van der Waals surface area (Å²) in [4.78, 5) is 18.9. The van der Waals surface area contributed by atoms with Crippen molar-refractivity contribution in [2.24, 2.45) is 0 Å². The molecule has 0 aliphatic carbocycles. The molecular formula is C22H24N4O2. The molecule has 1 unspecified atom stereocenters. The molecule has 0 fully saturated rings. The average molecular weight is 376 g/mol. The predicted molar refractivity (Wildman–Crippen MR) is 107 cm³/mol. The fourth-order valence-corrected chi connectivity index (χ4v) is 3.79. The van der Waals surface area contributed by atoms with Gasteiger partial charge in [-0.2, -0.15) is 0 Å². The van der Waals surface area contributed by atoms with E-state index in [1.807, 2.05) is 30.3 Å². The van der Waals surface area contributed by atoms with Gasteiger partial charge in [0.1, 0.15) is 5.75 Å². The Morgan fingerprint density at radius 3 is 2.79 bits per heavy atom. The smallest absolute Gasteiger partial charge is 0.234 e. The maximum atomic E-state index is 12.7. The molecule has 1 N–H and O–H groups in total. The second kappa shape index (κ2) is 8.27. The third-order valence-electron chi connectivity index (χ3n) is 5.16. The van der Waals surface area contributed by atoms with Gasteiger partial charge in [-0.1, -0.05) is 18.2 Å². The van der Waals surface area contributed by atoms with E-state index in [0.29, 0.717) is 13.1 Å². The molecule has 0 spiro atoms. The van der Waals surface area contributed by atoms with E-state index in [4.69, 9.17) is 4.74 Å². The highest BCUT2D eigenvalue weighted by molar-refractivity contribution is 5.78. The molecule has 0 bridgehead atoms. The second-order valence-corrected chi connectivity index (χ2v) is 6.87. The zero-order valence-corrected chi connectivity index (χ0v) is 15.9. The van der Waals surface area contributed by atoms with Crippen molar-refractivity contribution >= 4 is 5.91 Å². The van der Waals surface area contributed by atoms with E-state index >= 15 is 0 Å². The van der Waals surface area contributed by atoms with E-state index in [2.05, 4.69) is 44.2 Å². The monoisotopic (exact) mass is 376 g/mol. The number of para-hydroxylation sites is 1. The number of methoxy groups -OCH3 is 1. The largest absolute Gasteiger partial charge is 0.496 e. The molecule has 1 aliphatic heterocycles. The molecule has 1 atom stereocenters. The summed E-state index contributed by atoms with van der Waals surface area (Å²) in [6, 6.07) is 16.0. The summed E-state index contributed by atoms with van der Waals surface area (Å²) in [5.41, 5.74) is 3.29. The van der Waals surface area contributed by atoms with E-state index in [1.54, 1.807) is 19.5 Å². The lowest BCUT2D eigenvalue weighted by molar-refractivity contribution is -0.123. The number of amides is 1. The standard InChI is InChI=1S/C22H24N4O2/c1-28-20-7-3-2-5-18(20)22-19-6-4-12-25(19)13-14-26(22)16-21(27)24-15-17-8-10-23-11-9-17/h2-12,22H,13-16H2,1H3,(H,24,27). The van der Waals surface area contributed by atoms with Crippen molar-refractivity contribution in [3.8, 4) is 5.75 Å². The number of nitrogens with zero attached hydrogens (tertiary/aromatic N) is 3. The molecule has 2 aromatic heterocycles. The maximum absolute atomic E-state index is 12.7. The molecule has 1 amide bonds. The Bertz CT molecular complexity index is 938. The number of rotatable bonds is 6. The number of fused-ring (bicyclic) bond motifs is 1. The van der Waals surface area contributed by atoms with Crippen LogP contribution in [0, 0.1) is 0 Å². The van der Waals surface area contributed by atoms with Crippen LogP contribution < -0.4 is 10.1 Å². The van der Waals surface area contributed by atoms with Gasteiger partial charge in [-0.3, -0.25) is 14.7 Å². The zero-order chi connectivity index (χ0) is 19.3. The molecule has 0 saturated carbocycles. The Labute approximate surface area is 164 Å². The van der Waals surface area contributed by atoms with Crippen LogP contribution in [-0.2, 0) is 17.9 Å². The van der Waals surface area contributed by atoms with Gasteiger partial charge in [0, 0.05) is 49.5 Å². The zero-order valence-electron chi connectivity index (χ0n) is 15.9. The molecule has 144 valence electrons. The summed E-state index contributed by atoms with van der Waals surface area (Å²) in [6.45, 7) is 2.50. The Hall–Kier alpha value is -3.12. The number of hydrogen-bond donors (Lipinski definition) is 1. The molecule has 4 rings (SSSR count). The van der Waals surface area contributed by atoms with Crippen LogP contribution >= 0.6 is 0 Å². The van der Waals surface area contributed by atoms with Crippen molar-refractivity contribution in [3.63, 3.8) is 0 Å². The van der Waals surface area contributed by atoms with Crippen molar-refractivity contribution < 1.29 is 9.53 Å². The van der Waals surface area contributed by atoms with Crippen molar-refractivity contribution in [2.45, 2.75) is 19.1 Å². The van der Waals surface area contributed by atoms with Gasteiger partial charge in [0.15, 0.2) is 0 Å². The second-order valence-electron chi connectivity index (χ2n) is 6.87. The summed E-state index contributed by atoms with van der Waals surface area (Å²) in [7, 11) is 1.69. The topological polar surface area (TPSA) is 59.4 Å². The fraction of sp³-hybridized carbons (Fsp3) is 0.273. The minimum Gasteiger partial charge on any atom is -0.496 e. The highest BCUT2D eigenvalue weighted by Crippen LogP contribution is 2.36. The van der Waals surface area contributed by atoms with Gasteiger partial charge < -0.3 is 14.6 Å². The number of hydrogen-bond acceptors (Lipinski definition) is 4. The summed E-state index contributed by atoms with van der Waals surface area (Å²) in [5.74, 6) is 0.848. The third kappa shape index (κ3) is 3.77. The van der Waals surface area contributed by atoms with Gasteiger partial charge in [-0.25, -0.2) is 0 Å². The molecule has 0 radical (unpaired) electrons. The summed E-state index contributed by atoms with van der Waals surface area (Å²) in [5, 5.41) is 3.02. The minimum absolute atomic E-state index is 0.0108. The van der Waals surface area contributed by atoms with E-state index in [-0.39, 0.29) is 11.9 Å². The number of aromatic nitrogens is 2. The lowest BCUT2D eigenvalue weighted by atomic mass is 9.99. The first kappa shape index (κ1) is 18.3. The Kier molecular flexibility index (Phi) is 5.39. The number of pyridine rings is 1. The van der Waals surface area contributed by atoms with Crippen LogP contribution in [0.3, 0.4) is 0 Å². The lowest BCUT2D eigenvalue weighted by Gasteiger charge is -2.37. The number of carbonyl (C=O) groups is 1.